The highest BCUT2D eigenvalue weighted by molar-refractivity contribution is 7.91. The summed E-state index contributed by atoms with van der Waals surface area (Å²) >= 11 is 1.23. The largest absolute Gasteiger partial charge is 0.252 e. The van der Waals surface area contributed by atoms with Gasteiger partial charge in [-0.25, -0.2) is 8.42 Å². The zero-order chi connectivity index (χ0) is 13.7. The maximum atomic E-state index is 12.1. The quantitative estimate of drug-likeness (QED) is 0.849. The zero-order valence-corrected chi connectivity index (χ0v) is 12.2. The molecular formula is C14H15NO2S2. The molecular weight excluding hydrogens is 278 g/mol. The Balaban J connectivity index is 2.02. The minimum Gasteiger partial charge on any atom is -0.206 e. The van der Waals surface area contributed by atoms with Crippen molar-refractivity contribution in [1.29, 1.82) is 0 Å². The molecule has 0 radical (unpaired) electrons. The van der Waals surface area contributed by atoms with Crippen LogP contribution in [0.25, 0.3) is 6.08 Å². The number of hydrogen-bond donors (Lipinski definition) is 0. The van der Waals surface area contributed by atoms with Crippen LogP contribution >= 0.6 is 11.3 Å². The Morgan fingerprint density at radius 3 is 2.53 bits per heavy atom. The summed E-state index contributed by atoms with van der Waals surface area (Å²) in [6.07, 6.45) is 3.76. The molecule has 0 amide bonds. The highest BCUT2D eigenvalue weighted by atomic mass is 32.2. The predicted octanol–water partition coefficient (Wildman–Crippen LogP) is 3.08. The maximum Gasteiger partial charge on any atom is 0.252 e. The smallest absolute Gasteiger partial charge is 0.206 e. The first-order valence-corrected chi connectivity index (χ1v) is 8.14. The van der Waals surface area contributed by atoms with Gasteiger partial charge in [0.15, 0.2) is 0 Å². The molecule has 0 bridgehead atoms. The van der Waals surface area contributed by atoms with Gasteiger partial charge < -0.3 is 0 Å². The highest BCUT2D eigenvalue weighted by Gasteiger charge is 2.20. The fourth-order valence-corrected chi connectivity index (χ4v) is 3.89. The lowest BCUT2D eigenvalue weighted by Crippen LogP contribution is -2.26. The summed E-state index contributed by atoms with van der Waals surface area (Å²) in [5.41, 5.74) is 1.06. The summed E-state index contributed by atoms with van der Waals surface area (Å²) in [6, 6.07) is 13.2. The standard InChI is InChI=1S/C14H15NO2S2/c1-15(19(16,17)14-10-6-12-18-14)11-5-9-13-7-3-2-4-8-13/h2-10,12H,11H2,1H3. The lowest BCUT2D eigenvalue weighted by atomic mass is 10.2. The third-order valence-electron chi connectivity index (χ3n) is 2.63. The van der Waals surface area contributed by atoms with Gasteiger partial charge >= 0.3 is 0 Å². The molecule has 0 N–H and O–H groups in total. The first-order chi connectivity index (χ1) is 9.10. The molecule has 0 fully saturated rings. The van der Waals surface area contributed by atoms with Gasteiger partial charge in [0, 0.05) is 13.6 Å². The van der Waals surface area contributed by atoms with Crippen LogP contribution in [0.4, 0.5) is 0 Å². The van der Waals surface area contributed by atoms with Crippen molar-refractivity contribution in [2.24, 2.45) is 0 Å². The zero-order valence-electron chi connectivity index (χ0n) is 10.6. The summed E-state index contributed by atoms with van der Waals surface area (Å²) < 4.78 is 26.0. The summed E-state index contributed by atoms with van der Waals surface area (Å²) in [7, 11) is -1.76. The average Bonchev–Trinajstić information content (AvgIpc) is 2.94. The van der Waals surface area contributed by atoms with Gasteiger partial charge in [-0.05, 0) is 17.0 Å². The number of benzene rings is 1. The van der Waals surface area contributed by atoms with E-state index < -0.39 is 10.0 Å². The summed E-state index contributed by atoms with van der Waals surface area (Å²) in [5.74, 6) is 0. The molecule has 0 saturated heterocycles. The van der Waals surface area contributed by atoms with Crippen LogP contribution < -0.4 is 0 Å². The Hall–Kier alpha value is -1.43. The number of nitrogens with zero attached hydrogens (tertiary/aromatic N) is 1. The molecule has 0 aliphatic carbocycles. The van der Waals surface area contributed by atoms with Gasteiger partial charge in [-0.2, -0.15) is 4.31 Å². The van der Waals surface area contributed by atoms with E-state index in [9.17, 15) is 8.42 Å². The minimum atomic E-state index is -3.35. The minimum absolute atomic E-state index is 0.356. The average molecular weight is 293 g/mol. The number of likely N-dealkylation sites (N-methyl/N-ethyl adjacent to an activating group) is 1. The lowest BCUT2D eigenvalue weighted by Gasteiger charge is -2.13. The molecule has 0 aliphatic heterocycles. The maximum absolute atomic E-state index is 12.1. The summed E-state index contributed by atoms with van der Waals surface area (Å²) in [6.45, 7) is 0.356. The Morgan fingerprint density at radius 2 is 1.89 bits per heavy atom. The van der Waals surface area contributed by atoms with E-state index in [1.807, 2.05) is 42.5 Å². The third-order valence-corrected chi connectivity index (χ3v) is 5.83. The van der Waals surface area contributed by atoms with Gasteiger partial charge in [0.1, 0.15) is 4.21 Å². The molecule has 5 heteroatoms. The molecule has 2 aromatic rings. The second-order valence-corrected chi connectivity index (χ2v) is 7.25. The molecule has 0 spiro atoms. The van der Waals surface area contributed by atoms with Crippen LogP contribution in [0.15, 0.2) is 58.1 Å². The fourth-order valence-electron chi connectivity index (χ4n) is 1.56. The molecule has 19 heavy (non-hydrogen) atoms. The van der Waals surface area contributed by atoms with Gasteiger partial charge in [-0.1, -0.05) is 48.6 Å². The van der Waals surface area contributed by atoms with Gasteiger partial charge in [-0.15, -0.1) is 11.3 Å². The first kappa shape index (κ1) is 14.0. The van der Waals surface area contributed by atoms with E-state index in [0.29, 0.717) is 10.8 Å². The van der Waals surface area contributed by atoms with Gasteiger partial charge in [0.25, 0.3) is 10.0 Å². The molecule has 0 saturated carbocycles. The number of thiophene rings is 1. The number of rotatable bonds is 5. The van der Waals surface area contributed by atoms with Crippen molar-refractivity contribution < 1.29 is 8.42 Å². The van der Waals surface area contributed by atoms with Crippen molar-refractivity contribution in [2.75, 3.05) is 13.6 Å². The van der Waals surface area contributed by atoms with E-state index in [-0.39, 0.29) is 0 Å². The number of hydrogen-bond acceptors (Lipinski definition) is 3. The first-order valence-electron chi connectivity index (χ1n) is 5.82. The molecule has 2 rings (SSSR count). The van der Waals surface area contributed by atoms with Crippen molar-refractivity contribution in [3.8, 4) is 0 Å². The molecule has 1 aromatic heterocycles. The van der Waals surface area contributed by atoms with E-state index in [0.717, 1.165) is 5.56 Å². The van der Waals surface area contributed by atoms with Crippen LogP contribution in [-0.4, -0.2) is 26.3 Å². The predicted molar refractivity (Wildman–Crippen MR) is 79.6 cm³/mol. The van der Waals surface area contributed by atoms with E-state index >= 15 is 0 Å². The van der Waals surface area contributed by atoms with Crippen molar-refractivity contribution in [3.05, 3.63) is 59.5 Å². The van der Waals surface area contributed by atoms with Crippen molar-refractivity contribution in [1.82, 2.24) is 4.31 Å². The van der Waals surface area contributed by atoms with Gasteiger partial charge in [0.2, 0.25) is 0 Å². The van der Waals surface area contributed by atoms with Crippen LogP contribution in [0.1, 0.15) is 5.56 Å². The van der Waals surface area contributed by atoms with E-state index in [2.05, 4.69) is 0 Å². The lowest BCUT2D eigenvalue weighted by molar-refractivity contribution is 0.501. The third kappa shape index (κ3) is 3.53. The fraction of sp³-hybridized carbons (Fsp3) is 0.143. The highest BCUT2D eigenvalue weighted by Crippen LogP contribution is 2.19. The molecule has 0 aliphatic rings. The van der Waals surface area contributed by atoms with Crippen LogP contribution in [0.5, 0.6) is 0 Å². The molecule has 0 atom stereocenters. The van der Waals surface area contributed by atoms with Crippen molar-refractivity contribution in [3.63, 3.8) is 0 Å². The van der Waals surface area contributed by atoms with Crippen LogP contribution in [0.3, 0.4) is 0 Å². The second-order valence-electron chi connectivity index (χ2n) is 4.03. The van der Waals surface area contributed by atoms with Gasteiger partial charge in [0.05, 0.1) is 0 Å². The molecule has 100 valence electrons. The Kier molecular flexibility index (Phi) is 4.52. The Morgan fingerprint density at radius 1 is 1.16 bits per heavy atom. The van der Waals surface area contributed by atoms with E-state index in [1.54, 1.807) is 24.6 Å². The molecule has 1 aromatic carbocycles. The molecule has 3 nitrogen and oxygen atoms in total. The van der Waals surface area contributed by atoms with E-state index in [1.165, 1.54) is 15.6 Å². The number of sulfonamides is 1. The Bertz CT molecular complexity index is 631. The molecule has 0 unspecified atom stereocenters. The summed E-state index contributed by atoms with van der Waals surface area (Å²) in [5, 5.41) is 1.76. The monoisotopic (exact) mass is 293 g/mol. The second kappa shape index (κ2) is 6.14. The van der Waals surface area contributed by atoms with Crippen molar-refractivity contribution in [2.45, 2.75) is 4.21 Å². The van der Waals surface area contributed by atoms with E-state index in [4.69, 9.17) is 0 Å². The van der Waals surface area contributed by atoms with Crippen LogP contribution in [-0.2, 0) is 10.0 Å². The molecule has 1 heterocycles. The SMILES string of the molecule is CN(CC=Cc1ccccc1)S(=O)(=O)c1cccs1. The van der Waals surface area contributed by atoms with Crippen LogP contribution in [0, 0.1) is 0 Å². The Labute approximate surface area is 117 Å². The van der Waals surface area contributed by atoms with Gasteiger partial charge in [-0.3, -0.25) is 0 Å². The topological polar surface area (TPSA) is 37.4 Å². The van der Waals surface area contributed by atoms with Crippen molar-refractivity contribution >= 4 is 27.4 Å². The van der Waals surface area contributed by atoms with Crippen LogP contribution in [0.2, 0.25) is 0 Å². The normalized spacial score (nSPS) is 12.3. The summed E-state index contributed by atoms with van der Waals surface area (Å²) in [4.78, 5) is 0.